The Kier molecular flexibility index (Phi) is 4.23. The Morgan fingerprint density at radius 2 is 1.69 bits per heavy atom. The lowest BCUT2D eigenvalue weighted by molar-refractivity contribution is 0.415. The van der Waals surface area contributed by atoms with Crippen molar-refractivity contribution in [1.29, 1.82) is 0 Å². The zero-order chi connectivity index (χ0) is 11.2. The van der Waals surface area contributed by atoms with E-state index >= 15 is 0 Å². The van der Waals surface area contributed by atoms with E-state index in [9.17, 15) is 0 Å². The maximum absolute atomic E-state index is 4.91. The second kappa shape index (κ2) is 5.90. The summed E-state index contributed by atoms with van der Waals surface area (Å²) in [6, 6.07) is 9.68. The maximum atomic E-state index is 4.91. The molecule has 0 bridgehead atoms. The second-order valence-corrected chi connectivity index (χ2v) is 4.63. The highest BCUT2D eigenvalue weighted by atomic mass is 16.5. The van der Waals surface area contributed by atoms with E-state index in [1.54, 1.807) is 7.11 Å². The SMILES string of the molecule is C1CC2CNCC2C1.COc1ccccc1. The van der Waals surface area contributed by atoms with Gasteiger partial charge in [0.25, 0.3) is 0 Å². The number of benzene rings is 1. The molecule has 1 N–H and O–H groups in total. The number of nitrogens with one attached hydrogen (secondary N) is 1. The molecule has 1 aromatic carbocycles. The van der Waals surface area contributed by atoms with Gasteiger partial charge in [-0.15, -0.1) is 0 Å². The second-order valence-electron chi connectivity index (χ2n) is 4.63. The van der Waals surface area contributed by atoms with Crippen molar-refractivity contribution in [2.75, 3.05) is 20.2 Å². The largest absolute Gasteiger partial charge is 0.497 e. The summed E-state index contributed by atoms with van der Waals surface area (Å²) in [6.07, 6.45) is 4.49. The molecule has 0 radical (unpaired) electrons. The summed E-state index contributed by atoms with van der Waals surface area (Å²) in [4.78, 5) is 0. The van der Waals surface area contributed by atoms with Crippen molar-refractivity contribution in [2.24, 2.45) is 11.8 Å². The number of hydrogen-bond acceptors (Lipinski definition) is 2. The van der Waals surface area contributed by atoms with E-state index in [-0.39, 0.29) is 0 Å². The molecule has 0 amide bonds. The summed E-state index contributed by atoms with van der Waals surface area (Å²) < 4.78 is 4.91. The number of para-hydroxylation sites is 1. The minimum Gasteiger partial charge on any atom is -0.497 e. The van der Waals surface area contributed by atoms with Crippen molar-refractivity contribution in [2.45, 2.75) is 19.3 Å². The number of ether oxygens (including phenoxy) is 1. The third-order valence-electron chi connectivity index (χ3n) is 3.61. The molecule has 1 heterocycles. The summed E-state index contributed by atoms with van der Waals surface area (Å²) in [5.74, 6) is 3.04. The molecule has 2 unspecified atom stereocenters. The molecule has 2 nitrogen and oxygen atoms in total. The van der Waals surface area contributed by atoms with E-state index < -0.39 is 0 Å². The van der Waals surface area contributed by atoms with Crippen LogP contribution in [0, 0.1) is 11.8 Å². The van der Waals surface area contributed by atoms with Crippen LogP contribution in [0.25, 0.3) is 0 Å². The average molecular weight is 219 g/mol. The monoisotopic (exact) mass is 219 g/mol. The third-order valence-corrected chi connectivity index (χ3v) is 3.61. The summed E-state index contributed by atoms with van der Waals surface area (Å²) in [6.45, 7) is 2.62. The Balaban J connectivity index is 0.000000120. The third kappa shape index (κ3) is 2.99. The van der Waals surface area contributed by atoms with Crippen LogP contribution in [0.3, 0.4) is 0 Å². The van der Waals surface area contributed by atoms with Gasteiger partial charge in [-0.25, -0.2) is 0 Å². The van der Waals surface area contributed by atoms with Crippen molar-refractivity contribution in [1.82, 2.24) is 5.32 Å². The fourth-order valence-electron chi connectivity index (χ4n) is 2.66. The number of hydrogen-bond donors (Lipinski definition) is 1. The lowest BCUT2D eigenvalue weighted by Gasteiger charge is -2.02. The van der Waals surface area contributed by atoms with Crippen LogP contribution in [0.1, 0.15) is 19.3 Å². The first-order valence-electron chi connectivity index (χ1n) is 6.20. The number of fused-ring (bicyclic) bond motifs is 1. The first kappa shape index (κ1) is 11.5. The lowest BCUT2D eigenvalue weighted by Crippen LogP contribution is -2.08. The molecule has 88 valence electrons. The van der Waals surface area contributed by atoms with Crippen molar-refractivity contribution in [3.63, 3.8) is 0 Å². The molecule has 0 spiro atoms. The maximum Gasteiger partial charge on any atom is 0.118 e. The molecule has 1 aliphatic heterocycles. The van der Waals surface area contributed by atoms with Crippen LogP contribution in [0.15, 0.2) is 30.3 Å². The molecular formula is C14H21NO. The van der Waals surface area contributed by atoms with E-state index in [1.165, 1.54) is 32.4 Å². The fourth-order valence-corrected chi connectivity index (χ4v) is 2.66. The van der Waals surface area contributed by atoms with Crippen LogP contribution in [0.4, 0.5) is 0 Å². The molecule has 1 aromatic rings. The van der Waals surface area contributed by atoms with E-state index in [4.69, 9.17) is 4.74 Å². The highest BCUT2D eigenvalue weighted by Gasteiger charge is 2.30. The number of rotatable bonds is 1. The first-order valence-corrected chi connectivity index (χ1v) is 6.20. The van der Waals surface area contributed by atoms with Gasteiger partial charge in [0.05, 0.1) is 7.11 Å². The van der Waals surface area contributed by atoms with Gasteiger partial charge in [-0.3, -0.25) is 0 Å². The van der Waals surface area contributed by atoms with Crippen molar-refractivity contribution in [3.8, 4) is 5.75 Å². The van der Waals surface area contributed by atoms with Crippen LogP contribution in [0.2, 0.25) is 0 Å². The molecule has 2 heteroatoms. The van der Waals surface area contributed by atoms with Gasteiger partial charge in [-0.05, 0) is 49.9 Å². The van der Waals surface area contributed by atoms with Crippen LogP contribution in [-0.2, 0) is 0 Å². The summed E-state index contributed by atoms with van der Waals surface area (Å²) in [7, 11) is 1.66. The molecule has 2 fully saturated rings. The molecule has 3 rings (SSSR count). The van der Waals surface area contributed by atoms with Gasteiger partial charge in [0.15, 0.2) is 0 Å². The summed E-state index contributed by atoms with van der Waals surface area (Å²) in [5.41, 5.74) is 0. The Hall–Kier alpha value is -1.02. The topological polar surface area (TPSA) is 21.3 Å². The minimum absolute atomic E-state index is 0.910. The Bertz CT molecular complexity index is 279. The van der Waals surface area contributed by atoms with Gasteiger partial charge in [0, 0.05) is 0 Å². The molecule has 16 heavy (non-hydrogen) atoms. The zero-order valence-corrected chi connectivity index (χ0v) is 9.99. The standard InChI is InChI=1S/C7H13N.C7H8O/c1-2-6-4-8-5-7(6)3-1;1-8-7-5-3-2-4-6-7/h6-8H,1-5H2;2-6H,1H3. The van der Waals surface area contributed by atoms with E-state index in [0.29, 0.717) is 0 Å². The quantitative estimate of drug-likeness (QED) is 0.784. The van der Waals surface area contributed by atoms with Gasteiger partial charge in [0.1, 0.15) is 5.75 Å². The smallest absolute Gasteiger partial charge is 0.118 e. The van der Waals surface area contributed by atoms with Crippen molar-refractivity contribution in [3.05, 3.63) is 30.3 Å². The van der Waals surface area contributed by atoms with Crippen molar-refractivity contribution < 1.29 is 4.74 Å². The lowest BCUT2D eigenvalue weighted by atomic mass is 10.0. The van der Waals surface area contributed by atoms with Gasteiger partial charge < -0.3 is 10.1 Å². The molecule has 2 aliphatic rings. The van der Waals surface area contributed by atoms with Gasteiger partial charge in [-0.2, -0.15) is 0 Å². The van der Waals surface area contributed by atoms with Crippen LogP contribution < -0.4 is 10.1 Å². The molecule has 0 aromatic heterocycles. The van der Waals surface area contributed by atoms with Crippen LogP contribution in [-0.4, -0.2) is 20.2 Å². The van der Waals surface area contributed by atoms with Gasteiger partial charge in [-0.1, -0.05) is 24.6 Å². The predicted molar refractivity (Wildman–Crippen MR) is 66.7 cm³/mol. The van der Waals surface area contributed by atoms with Crippen LogP contribution in [0.5, 0.6) is 5.75 Å². The molecule has 1 saturated heterocycles. The van der Waals surface area contributed by atoms with Crippen LogP contribution >= 0.6 is 0 Å². The summed E-state index contributed by atoms with van der Waals surface area (Å²) in [5, 5.41) is 3.42. The normalized spacial score (nSPS) is 26.8. The highest BCUT2D eigenvalue weighted by molar-refractivity contribution is 5.20. The molecule has 1 aliphatic carbocycles. The fraction of sp³-hybridized carbons (Fsp3) is 0.571. The average Bonchev–Trinajstić information content (AvgIpc) is 2.93. The number of methoxy groups -OCH3 is 1. The molecule has 2 atom stereocenters. The van der Waals surface area contributed by atoms with E-state index in [0.717, 1.165) is 17.6 Å². The Morgan fingerprint density at radius 3 is 2.19 bits per heavy atom. The van der Waals surface area contributed by atoms with E-state index in [1.807, 2.05) is 30.3 Å². The summed E-state index contributed by atoms with van der Waals surface area (Å²) >= 11 is 0. The van der Waals surface area contributed by atoms with Gasteiger partial charge >= 0.3 is 0 Å². The minimum atomic E-state index is 0.910. The molecular weight excluding hydrogens is 198 g/mol. The zero-order valence-electron chi connectivity index (χ0n) is 9.99. The van der Waals surface area contributed by atoms with Gasteiger partial charge in [0.2, 0.25) is 0 Å². The molecule has 1 saturated carbocycles. The Labute approximate surface area is 98.0 Å². The van der Waals surface area contributed by atoms with E-state index in [2.05, 4.69) is 5.32 Å². The predicted octanol–water partition coefficient (Wildman–Crippen LogP) is 2.70. The Morgan fingerprint density at radius 1 is 1.06 bits per heavy atom. The first-order chi connectivity index (χ1) is 7.90. The highest BCUT2D eigenvalue weighted by Crippen LogP contribution is 2.33. The van der Waals surface area contributed by atoms with Crippen molar-refractivity contribution >= 4 is 0 Å².